The van der Waals surface area contributed by atoms with Gasteiger partial charge in [0, 0.05) is 0 Å². The highest BCUT2D eigenvalue weighted by atomic mass is 32.2. The molecule has 1 atom stereocenters. The van der Waals surface area contributed by atoms with Gasteiger partial charge in [0.1, 0.15) is 16.8 Å². The van der Waals surface area contributed by atoms with Gasteiger partial charge in [0.25, 0.3) is 0 Å². The Hall–Kier alpha value is -2.72. The summed E-state index contributed by atoms with van der Waals surface area (Å²) < 4.78 is 5.35. The number of fused-ring (bicyclic) bond motifs is 1. The predicted octanol–water partition coefficient (Wildman–Crippen LogP) is 3.72. The zero-order valence-corrected chi connectivity index (χ0v) is 16.5. The summed E-state index contributed by atoms with van der Waals surface area (Å²) in [5, 5.41) is 10.0. The number of nitriles is 1. The topological polar surface area (TPSA) is 91.7 Å². The molecule has 0 unspecified atom stereocenters. The number of carbonyl (C=O) groups excluding carboxylic acids is 1. The molecule has 3 rings (SSSR count). The van der Waals surface area contributed by atoms with E-state index in [9.17, 15) is 10.1 Å². The lowest BCUT2D eigenvalue weighted by molar-refractivity contribution is -0.139. The Labute approximate surface area is 163 Å². The second kappa shape index (κ2) is 7.89. The fourth-order valence-corrected chi connectivity index (χ4v) is 4.09. The average molecular weight is 382 g/mol. The van der Waals surface area contributed by atoms with E-state index in [0.29, 0.717) is 33.6 Å². The van der Waals surface area contributed by atoms with Crippen LogP contribution in [-0.4, -0.2) is 22.6 Å². The molecule has 0 saturated heterocycles. The van der Waals surface area contributed by atoms with Crippen LogP contribution in [0.5, 0.6) is 0 Å². The fraction of sp³-hybridized carbons (Fsp3) is 0.350. The first-order valence-electron chi connectivity index (χ1n) is 8.94. The number of ether oxygens (including phenoxy) is 1. The number of nitrogens with zero attached hydrogens (tertiary/aromatic N) is 3. The third-order valence-corrected chi connectivity index (χ3v) is 5.42. The summed E-state index contributed by atoms with van der Waals surface area (Å²) in [6.07, 6.45) is 1.49. The standard InChI is InChI=1S/C20H22N4O2S/c1-4-6-14-16(19(25)26-5-2)17(13-9-7-12(3)8-10-13)24-18(22)15(11-21)27-20(24)23-14/h7-10,17H,4-6,22H2,1-3H3/t17-/m0/s1. The van der Waals surface area contributed by atoms with Crippen LogP contribution in [0.2, 0.25) is 0 Å². The maximum absolute atomic E-state index is 12.9. The van der Waals surface area contributed by atoms with Crippen molar-refractivity contribution in [3.05, 3.63) is 57.4 Å². The summed E-state index contributed by atoms with van der Waals surface area (Å²) in [5.74, 6) is -0.0679. The van der Waals surface area contributed by atoms with Crippen LogP contribution in [-0.2, 0) is 9.53 Å². The lowest BCUT2D eigenvalue weighted by Gasteiger charge is -2.35. The summed E-state index contributed by atoms with van der Waals surface area (Å²) in [4.78, 5) is 19.7. The first-order valence-corrected chi connectivity index (χ1v) is 9.75. The maximum Gasteiger partial charge on any atom is 0.338 e. The van der Waals surface area contributed by atoms with Gasteiger partial charge in [-0.05, 0) is 37.6 Å². The van der Waals surface area contributed by atoms with E-state index in [1.165, 1.54) is 11.8 Å². The molecule has 7 heteroatoms. The molecular weight excluding hydrogens is 360 g/mol. The van der Waals surface area contributed by atoms with E-state index in [4.69, 9.17) is 10.5 Å². The van der Waals surface area contributed by atoms with E-state index < -0.39 is 12.0 Å². The Morgan fingerprint density at radius 3 is 2.67 bits per heavy atom. The number of allylic oxidation sites excluding steroid dienone is 2. The number of nitrogens with two attached hydrogens (primary N) is 1. The van der Waals surface area contributed by atoms with Gasteiger partial charge >= 0.3 is 5.97 Å². The number of aryl methyl sites for hydroxylation is 1. The molecule has 0 amide bonds. The van der Waals surface area contributed by atoms with Gasteiger partial charge in [-0.3, -0.25) is 4.90 Å². The quantitative estimate of drug-likeness (QED) is 0.780. The first kappa shape index (κ1) is 19.1. The predicted molar refractivity (Wildman–Crippen MR) is 106 cm³/mol. The molecule has 0 aromatic heterocycles. The minimum atomic E-state index is -0.461. The largest absolute Gasteiger partial charge is 0.463 e. The summed E-state index contributed by atoms with van der Waals surface area (Å²) in [6, 6.07) is 9.62. The van der Waals surface area contributed by atoms with Crippen LogP contribution in [0.1, 0.15) is 43.9 Å². The van der Waals surface area contributed by atoms with Gasteiger partial charge in [0.2, 0.25) is 0 Å². The Morgan fingerprint density at radius 1 is 1.37 bits per heavy atom. The highest BCUT2D eigenvalue weighted by Gasteiger charge is 2.43. The van der Waals surface area contributed by atoms with Gasteiger partial charge in [0.15, 0.2) is 5.17 Å². The Kier molecular flexibility index (Phi) is 5.57. The van der Waals surface area contributed by atoms with Crippen LogP contribution in [0.3, 0.4) is 0 Å². The molecule has 1 aromatic carbocycles. The molecule has 0 spiro atoms. The maximum atomic E-state index is 12.9. The SMILES string of the molecule is CCCC1=C(C(=O)OCC)[C@H](c2ccc(C)cc2)N2C(=N1)SC(C#N)=C2N. The lowest BCUT2D eigenvalue weighted by Crippen LogP contribution is -2.39. The van der Waals surface area contributed by atoms with Crippen LogP contribution in [0.15, 0.2) is 51.3 Å². The van der Waals surface area contributed by atoms with E-state index in [2.05, 4.69) is 11.1 Å². The molecule has 0 bridgehead atoms. The van der Waals surface area contributed by atoms with Crippen molar-refractivity contribution in [1.82, 2.24) is 4.90 Å². The third-order valence-electron chi connectivity index (χ3n) is 4.44. The van der Waals surface area contributed by atoms with E-state index in [1.54, 1.807) is 11.8 Å². The number of hydrogen-bond donors (Lipinski definition) is 1. The van der Waals surface area contributed by atoms with Gasteiger partial charge < -0.3 is 10.5 Å². The second-order valence-electron chi connectivity index (χ2n) is 6.34. The van der Waals surface area contributed by atoms with E-state index in [1.807, 2.05) is 38.1 Å². The highest BCUT2D eigenvalue weighted by Crippen LogP contribution is 2.46. The summed E-state index contributed by atoms with van der Waals surface area (Å²) in [6.45, 7) is 6.11. The third kappa shape index (κ3) is 3.45. The van der Waals surface area contributed by atoms with Crippen molar-refractivity contribution in [1.29, 1.82) is 5.26 Å². The minimum Gasteiger partial charge on any atom is -0.463 e. The molecular formula is C20H22N4O2S. The van der Waals surface area contributed by atoms with Crippen LogP contribution in [0.25, 0.3) is 0 Å². The van der Waals surface area contributed by atoms with Crippen molar-refractivity contribution in [2.75, 3.05) is 6.61 Å². The van der Waals surface area contributed by atoms with Crippen molar-refractivity contribution in [3.63, 3.8) is 0 Å². The molecule has 27 heavy (non-hydrogen) atoms. The summed E-state index contributed by atoms with van der Waals surface area (Å²) in [7, 11) is 0. The fourth-order valence-electron chi connectivity index (χ4n) is 3.20. The normalized spacial score (nSPS) is 19.0. The number of carbonyl (C=O) groups is 1. The average Bonchev–Trinajstić information content (AvgIpc) is 2.97. The van der Waals surface area contributed by atoms with Crippen molar-refractivity contribution in [3.8, 4) is 6.07 Å². The molecule has 0 saturated carbocycles. The molecule has 1 aromatic rings. The summed E-state index contributed by atoms with van der Waals surface area (Å²) >= 11 is 1.24. The molecule has 140 valence electrons. The van der Waals surface area contributed by atoms with Crippen LogP contribution in [0, 0.1) is 18.3 Å². The molecule has 2 aliphatic heterocycles. The Balaban J connectivity index is 2.21. The highest BCUT2D eigenvalue weighted by molar-refractivity contribution is 8.17. The number of benzene rings is 1. The van der Waals surface area contributed by atoms with E-state index in [0.717, 1.165) is 17.5 Å². The molecule has 0 aliphatic carbocycles. The van der Waals surface area contributed by atoms with Gasteiger partial charge in [-0.15, -0.1) is 0 Å². The van der Waals surface area contributed by atoms with E-state index in [-0.39, 0.29) is 6.61 Å². The van der Waals surface area contributed by atoms with Crippen molar-refractivity contribution < 1.29 is 9.53 Å². The van der Waals surface area contributed by atoms with Crippen molar-refractivity contribution in [2.24, 2.45) is 10.7 Å². The monoisotopic (exact) mass is 382 g/mol. The van der Waals surface area contributed by atoms with Crippen LogP contribution >= 0.6 is 11.8 Å². The minimum absolute atomic E-state index is 0.280. The van der Waals surface area contributed by atoms with Crippen LogP contribution < -0.4 is 5.73 Å². The molecule has 2 heterocycles. The van der Waals surface area contributed by atoms with E-state index >= 15 is 0 Å². The van der Waals surface area contributed by atoms with Crippen molar-refractivity contribution >= 4 is 22.9 Å². The number of esters is 1. The number of amidine groups is 1. The number of hydrogen-bond acceptors (Lipinski definition) is 7. The first-order chi connectivity index (χ1) is 13.0. The van der Waals surface area contributed by atoms with Gasteiger partial charge in [-0.1, -0.05) is 43.2 Å². The zero-order chi connectivity index (χ0) is 19.6. The smallest absolute Gasteiger partial charge is 0.338 e. The number of thioether (sulfide) groups is 1. The second-order valence-corrected chi connectivity index (χ2v) is 7.31. The molecule has 2 N–H and O–H groups in total. The molecule has 0 radical (unpaired) electrons. The van der Waals surface area contributed by atoms with Gasteiger partial charge in [0.05, 0.1) is 23.9 Å². The lowest BCUT2D eigenvalue weighted by atomic mass is 9.92. The Bertz CT molecular complexity index is 894. The summed E-state index contributed by atoms with van der Waals surface area (Å²) in [5.41, 5.74) is 9.49. The number of rotatable bonds is 5. The zero-order valence-electron chi connectivity index (χ0n) is 15.7. The number of aliphatic imine (C=N–C) groups is 1. The molecule has 2 aliphatic rings. The molecule has 0 fully saturated rings. The van der Waals surface area contributed by atoms with Crippen LogP contribution in [0.4, 0.5) is 0 Å². The molecule has 6 nitrogen and oxygen atoms in total. The van der Waals surface area contributed by atoms with Gasteiger partial charge in [-0.25, -0.2) is 9.79 Å². The van der Waals surface area contributed by atoms with Gasteiger partial charge in [-0.2, -0.15) is 5.26 Å². The van der Waals surface area contributed by atoms with Crippen molar-refractivity contribution in [2.45, 2.75) is 39.7 Å². The Morgan fingerprint density at radius 2 is 2.07 bits per heavy atom.